The van der Waals surface area contributed by atoms with Crippen LogP contribution in [0.3, 0.4) is 0 Å². The molecule has 7 heteroatoms. The Morgan fingerprint density at radius 3 is 2.61 bits per heavy atom. The summed E-state index contributed by atoms with van der Waals surface area (Å²) in [4.78, 5) is 25.3. The van der Waals surface area contributed by atoms with Gasteiger partial charge in [0.1, 0.15) is 11.6 Å². The van der Waals surface area contributed by atoms with Gasteiger partial charge in [-0.3, -0.25) is 9.59 Å². The van der Waals surface area contributed by atoms with Gasteiger partial charge in [-0.05, 0) is 23.1 Å². The maximum atomic E-state index is 14.0. The molecule has 1 amide bonds. The number of carbonyl (C=O) groups excluding carboxylic acids is 1. The van der Waals surface area contributed by atoms with Crippen LogP contribution in [0.4, 0.5) is 8.78 Å². The van der Waals surface area contributed by atoms with Crippen LogP contribution in [-0.2, 0) is 4.79 Å². The number of likely N-dealkylation sites (tertiary alicyclic amines) is 1. The van der Waals surface area contributed by atoms with Crippen molar-refractivity contribution >= 4 is 23.2 Å². The van der Waals surface area contributed by atoms with Crippen LogP contribution in [-0.4, -0.2) is 35.0 Å². The molecule has 1 N–H and O–H groups in total. The summed E-state index contributed by atoms with van der Waals surface area (Å²) in [6.45, 7) is 0.0969. The SMILES string of the molecule is O=C(O)[C@@H]1CN(C(=O)c2ccsc2)C[C@H]1c1ccc(F)cc1F. The zero-order chi connectivity index (χ0) is 16.6. The molecule has 2 heterocycles. The van der Waals surface area contributed by atoms with Gasteiger partial charge >= 0.3 is 5.97 Å². The van der Waals surface area contributed by atoms with E-state index in [1.54, 1.807) is 16.8 Å². The summed E-state index contributed by atoms with van der Waals surface area (Å²) in [6, 6.07) is 4.75. The number of aliphatic carboxylic acids is 1. The Hall–Kier alpha value is -2.28. The fraction of sp³-hybridized carbons (Fsp3) is 0.250. The van der Waals surface area contributed by atoms with Crippen molar-refractivity contribution in [3.8, 4) is 0 Å². The largest absolute Gasteiger partial charge is 0.481 e. The van der Waals surface area contributed by atoms with Crippen LogP contribution < -0.4 is 0 Å². The third-order valence-electron chi connectivity index (χ3n) is 4.05. The summed E-state index contributed by atoms with van der Waals surface area (Å²) in [5.74, 6) is -4.50. The minimum absolute atomic E-state index is 0.00545. The molecule has 1 aromatic heterocycles. The second kappa shape index (κ2) is 6.08. The highest BCUT2D eigenvalue weighted by molar-refractivity contribution is 7.08. The Kier molecular flexibility index (Phi) is 4.12. The van der Waals surface area contributed by atoms with E-state index in [0.29, 0.717) is 5.56 Å². The Bertz CT molecular complexity index is 748. The van der Waals surface area contributed by atoms with E-state index in [-0.39, 0.29) is 24.6 Å². The van der Waals surface area contributed by atoms with Gasteiger partial charge in [-0.2, -0.15) is 11.3 Å². The lowest BCUT2D eigenvalue weighted by atomic mass is 9.88. The summed E-state index contributed by atoms with van der Waals surface area (Å²) in [5.41, 5.74) is 0.610. The molecule has 1 aliphatic heterocycles. The molecule has 0 aliphatic carbocycles. The number of hydrogen-bond donors (Lipinski definition) is 1. The molecule has 0 spiro atoms. The topological polar surface area (TPSA) is 57.6 Å². The van der Waals surface area contributed by atoms with Crippen LogP contribution in [0.25, 0.3) is 0 Å². The average Bonchev–Trinajstić information content (AvgIpc) is 3.16. The highest BCUT2D eigenvalue weighted by Crippen LogP contribution is 2.35. The number of benzene rings is 1. The van der Waals surface area contributed by atoms with Gasteiger partial charge in [0.15, 0.2) is 0 Å². The normalized spacial score (nSPS) is 20.7. The highest BCUT2D eigenvalue weighted by atomic mass is 32.1. The standard InChI is InChI=1S/C16H13F2NO3S/c17-10-1-2-11(14(18)5-10)12-6-19(7-13(12)16(21)22)15(20)9-3-4-23-8-9/h1-5,8,12-13H,6-7H2,(H,21,22)/t12-,13+/m0/s1. The molecule has 1 aromatic carbocycles. The number of halogens is 2. The van der Waals surface area contributed by atoms with Gasteiger partial charge in [0.2, 0.25) is 0 Å². The first-order valence-electron chi connectivity index (χ1n) is 6.96. The van der Waals surface area contributed by atoms with Crippen LogP contribution in [0.1, 0.15) is 21.8 Å². The van der Waals surface area contributed by atoms with Gasteiger partial charge in [0.25, 0.3) is 5.91 Å². The maximum Gasteiger partial charge on any atom is 0.308 e. The quantitative estimate of drug-likeness (QED) is 0.937. The van der Waals surface area contributed by atoms with Gasteiger partial charge in [0, 0.05) is 30.5 Å². The van der Waals surface area contributed by atoms with Gasteiger partial charge in [-0.15, -0.1) is 0 Å². The molecular weight excluding hydrogens is 324 g/mol. The Morgan fingerprint density at radius 1 is 1.22 bits per heavy atom. The van der Waals surface area contributed by atoms with Crippen molar-refractivity contribution in [2.45, 2.75) is 5.92 Å². The smallest absolute Gasteiger partial charge is 0.308 e. The summed E-state index contributed by atoms with van der Waals surface area (Å²) < 4.78 is 27.1. The van der Waals surface area contributed by atoms with E-state index in [0.717, 1.165) is 12.1 Å². The fourth-order valence-electron chi connectivity index (χ4n) is 2.91. The minimum atomic E-state index is -1.10. The fourth-order valence-corrected chi connectivity index (χ4v) is 3.54. The molecule has 4 nitrogen and oxygen atoms in total. The van der Waals surface area contributed by atoms with E-state index in [1.165, 1.54) is 22.3 Å². The molecule has 3 rings (SSSR count). The first-order valence-corrected chi connectivity index (χ1v) is 7.91. The highest BCUT2D eigenvalue weighted by Gasteiger charge is 2.41. The van der Waals surface area contributed by atoms with Gasteiger partial charge in [-0.1, -0.05) is 6.07 Å². The number of carbonyl (C=O) groups is 2. The summed E-state index contributed by atoms with van der Waals surface area (Å²) in [7, 11) is 0. The molecule has 1 aliphatic rings. The summed E-state index contributed by atoms with van der Waals surface area (Å²) >= 11 is 1.37. The van der Waals surface area contributed by atoms with Gasteiger partial charge in [0.05, 0.1) is 11.5 Å². The predicted molar refractivity (Wildman–Crippen MR) is 80.4 cm³/mol. The predicted octanol–water partition coefficient (Wildman–Crippen LogP) is 2.97. The minimum Gasteiger partial charge on any atom is -0.481 e. The van der Waals surface area contributed by atoms with Crippen molar-refractivity contribution in [2.75, 3.05) is 13.1 Å². The van der Waals surface area contributed by atoms with Crippen molar-refractivity contribution in [2.24, 2.45) is 5.92 Å². The first-order chi connectivity index (χ1) is 11.0. The molecule has 120 valence electrons. The number of nitrogens with zero attached hydrogens (tertiary/aromatic N) is 1. The van der Waals surface area contributed by atoms with E-state index in [2.05, 4.69) is 0 Å². The van der Waals surface area contributed by atoms with Gasteiger partial charge < -0.3 is 10.0 Å². The lowest BCUT2D eigenvalue weighted by molar-refractivity contribution is -0.141. The zero-order valence-electron chi connectivity index (χ0n) is 11.9. The molecule has 23 heavy (non-hydrogen) atoms. The van der Waals surface area contributed by atoms with E-state index >= 15 is 0 Å². The van der Waals surface area contributed by atoms with E-state index < -0.39 is 29.4 Å². The van der Waals surface area contributed by atoms with Crippen LogP contribution in [0, 0.1) is 17.6 Å². The van der Waals surface area contributed by atoms with Crippen LogP contribution in [0.15, 0.2) is 35.0 Å². The van der Waals surface area contributed by atoms with Crippen molar-refractivity contribution in [1.29, 1.82) is 0 Å². The molecule has 0 bridgehead atoms. The second-order valence-corrected chi connectivity index (χ2v) is 6.22. The molecule has 0 unspecified atom stereocenters. The first kappa shape index (κ1) is 15.6. The number of carboxylic acids is 1. The number of carboxylic acid groups (broad SMARTS) is 1. The van der Waals surface area contributed by atoms with Crippen molar-refractivity contribution in [3.63, 3.8) is 0 Å². The number of rotatable bonds is 3. The van der Waals surface area contributed by atoms with E-state index in [1.807, 2.05) is 0 Å². The molecular formula is C16H13F2NO3S. The Morgan fingerprint density at radius 2 is 2.00 bits per heavy atom. The molecule has 1 saturated heterocycles. The van der Waals surface area contributed by atoms with E-state index in [9.17, 15) is 23.5 Å². The molecule has 2 aromatic rings. The van der Waals surface area contributed by atoms with Crippen molar-refractivity contribution < 1.29 is 23.5 Å². The molecule has 1 fully saturated rings. The average molecular weight is 337 g/mol. The second-order valence-electron chi connectivity index (χ2n) is 5.44. The summed E-state index contributed by atoms with van der Waals surface area (Å²) in [6.07, 6.45) is 0. The summed E-state index contributed by atoms with van der Waals surface area (Å²) in [5, 5.41) is 12.8. The lowest BCUT2D eigenvalue weighted by Gasteiger charge is -2.16. The molecule has 0 saturated carbocycles. The number of amides is 1. The number of hydrogen-bond acceptors (Lipinski definition) is 3. The van der Waals surface area contributed by atoms with Crippen molar-refractivity contribution in [1.82, 2.24) is 4.90 Å². The Labute approximate surface area is 135 Å². The maximum absolute atomic E-state index is 14.0. The van der Waals surface area contributed by atoms with Crippen LogP contribution in [0.2, 0.25) is 0 Å². The molecule has 0 radical (unpaired) electrons. The third-order valence-corrected chi connectivity index (χ3v) is 4.74. The Balaban J connectivity index is 1.90. The van der Waals surface area contributed by atoms with Gasteiger partial charge in [-0.25, -0.2) is 8.78 Å². The third kappa shape index (κ3) is 2.96. The molecule has 2 atom stereocenters. The van der Waals surface area contributed by atoms with Crippen LogP contribution >= 0.6 is 11.3 Å². The lowest BCUT2D eigenvalue weighted by Crippen LogP contribution is -2.29. The number of thiophene rings is 1. The zero-order valence-corrected chi connectivity index (χ0v) is 12.7. The van der Waals surface area contributed by atoms with Crippen molar-refractivity contribution in [3.05, 3.63) is 57.8 Å². The monoisotopic (exact) mass is 337 g/mol. The van der Waals surface area contributed by atoms with E-state index in [4.69, 9.17) is 0 Å². The van der Waals surface area contributed by atoms with Crippen LogP contribution in [0.5, 0.6) is 0 Å².